The Morgan fingerprint density at radius 1 is 1.14 bits per heavy atom. The van der Waals surface area contributed by atoms with Gasteiger partial charge >= 0.3 is 6.03 Å². The van der Waals surface area contributed by atoms with E-state index in [0.29, 0.717) is 5.41 Å². The number of hydrogen-bond acceptors (Lipinski definition) is 2. The molecule has 118 valence electrons. The summed E-state index contributed by atoms with van der Waals surface area (Å²) in [6.07, 6.45) is 9.50. The highest BCUT2D eigenvalue weighted by Gasteiger charge is 2.50. The number of nitrogens with two attached hydrogens (primary N) is 1. The molecule has 3 amide bonds. The predicted octanol–water partition coefficient (Wildman–Crippen LogP) is 1.77. The summed E-state index contributed by atoms with van der Waals surface area (Å²) in [5, 5.41) is 5.34. The van der Waals surface area contributed by atoms with Gasteiger partial charge in [0.1, 0.15) is 0 Å². The van der Waals surface area contributed by atoms with Gasteiger partial charge in [0, 0.05) is 6.04 Å². The van der Waals surface area contributed by atoms with Gasteiger partial charge < -0.3 is 16.4 Å². The largest absolute Gasteiger partial charge is 0.352 e. The summed E-state index contributed by atoms with van der Waals surface area (Å²) < 4.78 is 0. The number of carbonyl (C=O) groups is 2. The smallest absolute Gasteiger partial charge is 0.312 e. The summed E-state index contributed by atoms with van der Waals surface area (Å²) in [6.45, 7) is 2.06. The minimum Gasteiger partial charge on any atom is -0.352 e. The molecule has 0 radical (unpaired) electrons. The van der Waals surface area contributed by atoms with Gasteiger partial charge in [-0.3, -0.25) is 4.79 Å². The van der Waals surface area contributed by atoms with Crippen molar-refractivity contribution in [1.29, 1.82) is 0 Å². The molecular weight excluding hydrogens is 266 g/mol. The maximum absolute atomic E-state index is 11.8. The molecule has 5 heteroatoms. The van der Waals surface area contributed by atoms with E-state index in [2.05, 4.69) is 17.6 Å². The monoisotopic (exact) mass is 293 g/mol. The van der Waals surface area contributed by atoms with Crippen molar-refractivity contribution >= 4 is 11.9 Å². The number of rotatable bonds is 5. The average molecular weight is 293 g/mol. The van der Waals surface area contributed by atoms with Gasteiger partial charge in [-0.1, -0.05) is 0 Å². The van der Waals surface area contributed by atoms with Crippen molar-refractivity contribution in [3.8, 4) is 0 Å². The van der Waals surface area contributed by atoms with Crippen LogP contribution in [0.15, 0.2) is 0 Å². The molecule has 0 saturated heterocycles. The summed E-state index contributed by atoms with van der Waals surface area (Å²) in [5.41, 5.74) is 5.45. The van der Waals surface area contributed by atoms with Crippen LogP contribution in [0.4, 0.5) is 4.79 Å². The van der Waals surface area contributed by atoms with E-state index in [0.717, 1.165) is 24.2 Å². The van der Waals surface area contributed by atoms with E-state index in [4.69, 9.17) is 5.73 Å². The van der Waals surface area contributed by atoms with Crippen LogP contribution in [0.25, 0.3) is 0 Å². The zero-order valence-corrected chi connectivity index (χ0v) is 12.9. The van der Waals surface area contributed by atoms with Crippen molar-refractivity contribution in [1.82, 2.24) is 10.6 Å². The summed E-state index contributed by atoms with van der Waals surface area (Å²) in [6, 6.07) is -0.484. The summed E-state index contributed by atoms with van der Waals surface area (Å²) in [7, 11) is 0. The van der Waals surface area contributed by atoms with Gasteiger partial charge in [0.25, 0.3) is 0 Å². The second-order valence-electron chi connectivity index (χ2n) is 7.81. The van der Waals surface area contributed by atoms with E-state index < -0.39 is 6.03 Å². The van der Waals surface area contributed by atoms with E-state index in [1.807, 2.05) is 0 Å². The molecule has 0 aromatic carbocycles. The Morgan fingerprint density at radius 2 is 1.67 bits per heavy atom. The third-order valence-electron chi connectivity index (χ3n) is 5.73. The van der Waals surface area contributed by atoms with Crippen molar-refractivity contribution in [3.05, 3.63) is 0 Å². The Labute approximate surface area is 126 Å². The van der Waals surface area contributed by atoms with Crippen molar-refractivity contribution in [2.24, 2.45) is 28.9 Å². The Morgan fingerprint density at radius 3 is 2.14 bits per heavy atom. The van der Waals surface area contributed by atoms with Gasteiger partial charge in [-0.25, -0.2) is 4.79 Å². The Kier molecular flexibility index (Phi) is 3.84. The van der Waals surface area contributed by atoms with Crippen LogP contribution in [0, 0.1) is 23.2 Å². The topological polar surface area (TPSA) is 84.2 Å². The molecule has 5 nitrogen and oxygen atoms in total. The molecule has 4 aliphatic carbocycles. The first-order chi connectivity index (χ1) is 9.94. The summed E-state index contributed by atoms with van der Waals surface area (Å²) >= 11 is 0. The lowest BCUT2D eigenvalue weighted by Crippen LogP contribution is -2.50. The van der Waals surface area contributed by atoms with Crippen LogP contribution in [-0.4, -0.2) is 24.5 Å². The number of carbonyl (C=O) groups excluding carboxylic acids is 2. The van der Waals surface area contributed by atoms with Crippen LogP contribution in [0.1, 0.15) is 51.9 Å². The molecule has 0 aromatic heterocycles. The molecule has 0 aliphatic heterocycles. The van der Waals surface area contributed by atoms with Crippen LogP contribution in [-0.2, 0) is 4.79 Å². The zero-order chi connectivity index (χ0) is 15.0. The highest BCUT2D eigenvalue weighted by molar-refractivity contribution is 5.83. The summed E-state index contributed by atoms with van der Waals surface area (Å²) in [4.78, 5) is 22.4. The molecule has 4 N–H and O–H groups in total. The van der Waals surface area contributed by atoms with E-state index in [1.165, 1.54) is 38.5 Å². The highest BCUT2D eigenvalue weighted by Crippen LogP contribution is 2.61. The number of hydrogen-bond donors (Lipinski definition) is 3. The lowest BCUT2D eigenvalue weighted by atomic mass is 9.48. The summed E-state index contributed by atoms with van der Waals surface area (Å²) in [5.74, 6) is 2.67. The van der Waals surface area contributed by atoms with Gasteiger partial charge in [-0.15, -0.1) is 0 Å². The minimum atomic E-state index is -0.654. The molecule has 0 heterocycles. The Hall–Kier alpha value is -1.26. The van der Waals surface area contributed by atoms with Crippen LogP contribution in [0.5, 0.6) is 0 Å². The van der Waals surface area contributed by atoms with Crippen molar-refractivity contribution in [3.63, 3.8) is 0 Å². The highest BCUT2D eigenvalue weighted by atomic mass is 16.2. The SMILES string of the molecule is CC(CC12CC3CC(CC(C3)C1)C2)NC(=O)CNC(N)=O. The number of urea groups is 1. The molecule has 4 rings (SSSR count). The van der Waals surface area contributed by atoms with Gasteiger partial charge in [-0.2, -0.15) is 0 Å². The van der Waals surface area contributed by atoms with E-state index >= 15 is 0 Å². The van der Waals surface area contributed by atoms with Crippen molar-refractivity contribution < 1.29 is 9.59 Å². The first-order valence-corrected chi connectivity index (χ1v) is 8.27. The Bertz CT molecular complexity index is 400. The van der Waals surface area contributed by atoms with Gasteiger partial charge in [0.15, 0.2) is 0 Å². The van der Waals surface area contributed by atoms with E-state index in [1.54, 1.807) is 0 Å². The zero-order valence-electron chi connectivity index (χ0n) is 12.9. The van der Waals surface area contributed by atoms with E-state index in [-0.39, 0.29) is 18.5 Å². The fourth-order valence-electron chi connectivity index (χ4n) is 5.73. The maximum Gasteiger partial charge on any atom is 0.312 e. The number of amides is 3. The molecule has 4 aliphatic rings. The average Bonchev–Trinajstić information content (AvgIpc) is 2.33. The minimum absolute atomic E-state index is 0.0272. The molecule has 4 bridgehead atoms. The first-order valence-electron chi connectivity index (χ1n) is 8.27. The standard InChI is InChI=1S/C16H27N3O2/c1-10(19-14(20)9-18-15(17)21)5-16-6-11-2-12(7-16)4-13(3-11)8-16/h10-13H,2-9H2,1H3,(H,19,20)(H3,17,18,21). The lowest BCUT2D eigenvalue weighted by Gasteiger charge is -2.57. The van der Waals surface area contributed by atoms with Crippen molar-refractivity contribution in [2.45, 2.75) is 57.9 Å². The van der Waals surface area contributed by atoms with Crippen LogP contribution < -0.4 is 16.4 Å². The van der Waals surface area contributed by atoms with Crippen molar-refractivity contribution in [2.75, 3.05) is 6.54 Å². The van der Waals surface area contributed by atoms with Crippen LogP contribution >= 0.6 is 0 Å². The maximum atomic E-state index is 11.8. The van der Waals surface area contributed by atoms with Crippen LogP contribution in [0.2, 0.25) is 0 Å². The third kappa shape index (κ3) is 3.33. The molecule has 4 saturated carbocycles. The number of primary amides is 1. The molecule has 0 aromatic rings. The second kappa shape index (κ2) is 5.50. The first kappa shape index (κ1) is 14.7. The molecule has 4 fully saturated rings. The van der Waals surface area contributed by atoms with E-state index in [9.17, 15) is 9.59 Å². The second-order valence-corrected chi connectivity index (χ2v) is 7.81. The molecule has 1 atom stereocenters. The van der Waals surface area contributed by atoms with Crippen LogP contribution in [0.3, 0.4) is 0 Å². The number of nitrogens with one attached hydrogen (secondary N) is 2. The normalized spacial score (nSPS) is 38.0. The quantitative estimate of drug-likeness (QED) is 0.721. The lowest BCUT2D eigenvalue weighted by molar-refractivity contribution is -0.121. The fourth-order valence-corrected chi connectivity index (χ4v) is 5.73. The molecule has 1 unspecified atom stereocenters. The third-order valence-corrected chi connectivity index (χ3v) is 5.73. The molecular formula is C16H27N3O2. The fraction of sp³-hybridized carbons (Fsp3) is 0.875. The molecule has 0 spiro atoms. The predicted molar refractivity (Wildman–Crippen MR) is 80.4 cm³/mol. The van der Waals surface area contributed by atoms with Gasteiger partial charge in [-0.05, 0) is 75.0 Å². The Balaban J connectivity index is 1.51. The molecule has 21 heavy (non-hydrogen) atoms. The van der Waals surface area contributed by atoms with Gasteiger partial charge in [0.2, 0.25) is 5.91 Å². The van der Waals surface area contributed by atoms with Gasteiger partial charge in [0.05, 0.1) is 6.54 Å².